The van der Waals surface area contributed by atoms with Gasteiger partial charge in [-0.2, -0.15) is 0 Å². The highest BCUT2D eigenvalue weighted by Gasteiger charge is 2.44. The molecule has 1 aromatic heterocycles. The molecule has 0 saturated carbocycles. The van der Waals surface area contributed by atoms with Crippen LogP contribution in [0.3, 0.4) is 0 Å². The summed E-state index contributed by atoms with van der Waals surface area (Å²) in [4.78, 5) is 64.4. The Balaban J connectivity index is 1.47. The molecule has 0 spiro atoms. The average molecular weight is 927 g/mol. The van der Waals surface area contributed by atoms with Gasteiger partial charge in [-0.1, -0.05) is 45.9 Å². The minimum Gasteiger partial charge on any atom is -0.507 e. The van der Waals surface area contributed by atoms with Crippen LogP contribution in [0, 0.1) is 30.6 Å². The van der Waals surface area contributed by atoms with Crippen molar-refractivity contribution in [1.29, 1.82) is 0 Å². The van der Waals surface area contributed by atoms with Crippen molar-refractivity contribution in [3.05, 3.63) is 79.5 Å². The number of hydrogen-bond donors (Lipinski definition) is 5. The zero-order valence-corrected chi connectivity index (χ0v) is 39.9. The lowest BCUT2D eigenvalue weighted by molar-refractivity contribution is -0.160. The number of carbonyl (C=O) groups is 2. The summed E-state index contributed by atoms with van der Waals surface area (Å²) in [5.41, 5.74) is -1.35. The number of allylic oxidation sites excluding steroid dienone is 2. The lowest BCUT2D eigenvalue weighted by atomic mass is 9.78. The average Bonchev–Trinajstić information content (AvgIpc) is 3.56. The minimum absolute atomic E-state index is 0.0391. The summed E-state index contributed by atoms with van der Waals surface area (Å²) in [7, 11) is 5.52. The van der Waals surface area contributed by atoms with Crippen LogP contribution in [0.4, 0.5) is 11.4 Å². The number of methoxy groups -OCH3 is 1. The number of nitrogens with one attached hydrogen (secondary N) is 1. The molecule has 3 aromatic carbocycles. The molecule has 4 heterocycles. The molecule has 3 aliphatic rings. The van der Waals surface area contributed by atoms with E-state index in [4.69, 9.17) is 28.3 Å². The van der Waals surface area contributed by atoms with Crippen LogP contribution in [0.5, 0.6) is 11.5 Å². The van der Waals surface area contributed by atoms with E-state index in [0.29, 0.717) is 24.8 Å². The number of phenols is 1. The van der Waals surface area contributed by atoms with Gasteiger partial charge < -0.3 is 58.9 Å². The number of aliphatic hydroxyl groups is 3. The fourth-order valence-corrected chi connectivity index (χ4v) is 9.70. The molecule has 4 aromatic rings. The molecular weight excluding hydrogens is 865 g/mol. The Kier molecular flexibility index (Phi) is 13.8. The number of nitrogens with zero attached hydrogens (tertiary/aromatic N) is 3. The largest absolute Gasteiger partial charge is 0.507 e. The predicted molar refractivity (Wildman–Crippen MR) is 254 cm³/mol. The van der Waals surface area contributed by atoms with Crippen LogP contribution in [0.1, 0.15) is 66.9 Å². The molecule has 17 nitrogen and oxygen atoms in total. The number of benzene rings is 3. The normalized spacial score (nSPS) is 29.8. The molecule has 17 heteroatoms. The van der Waals surface area contributed by atoms with Gasteiger partial charge in [0.1, 0.15) is 28.8 Å². The number of fused-ring (bicyclic) bond motifs is 2. The molecule has 4 bridgehead atoms. The standard InChI is InChI=1S/C50H62N4O13/c1-23-13-12-14-24(2)49(62)52-40-44(60)36-35(39-47(40)66-34-22-31(21-32(56)38(34)51-39)54-18-15-30(16-19-54)53(9)10)37-46(28(6)43(36)59)67-50(8,48(37)61)64-20-17-33(63-11)25(3)45(65-29(7)55)27(5)42(58)26(4)41(23)57/h12-14,17,20-23,25-27,30,33,41-42,45,57-59,61H,15-16,18-19H2,1-11H3,(H,52,62)/b13-12+,20-17-,24-14+/t23-,25+,26+,27+,33?,41-,42+,45+,50-/m0/s1. The number of hydrogen-bond acceptors (Lipinski definition) is 16. The second-order valence-electron chi connectivity index (χ2n) is 18.7. The third-order valence-electron chi connectivity index (χ3n) is 14.0. The molecule has 7 rings (SSSR count). The second-order valence-corrected chi connectivity index (χ2v) is 18.7. The third kappa shape index (κ3) is 8.97. The number of rotatable bonds is 4. The topological polar surface area (TPSA) is 231 Å². The first-order valence-corrected chi connectivity index (χ1v) is 22.6. The smallest absolute Gasteiger partial charge is 0.307 e. The molecule has 1 fully saturated rings. The molecule has 0 radical (unpaired) electrons. The predicted octanol–water partition coefficient (Wildman–Crippen LogP) is 5.09. The van der Waals surface area contributed by atoms with Gasteiger partial charge >= 0.3 is 11.8 Å². The zero-order chi connectivity index (χ0) is 49.0. The fourth-order valence-electron chi connectivity index (χ4n) is 9.70. The lowest BCUT2D eigenvalue weighted by Gasteiger charge is -2.38. The summed E-state index contributed by atoms with van der Waals surface area (Å²) in [6.45, 7) is 14.0. The number of ether oxygens (including phenoxy) is 4. The number of piperidine rings is 1. The summed E-state index contributed by atoms with van der Waals surface area (Å²) in [5, 5.41) is 49.3. The number of esters is 1. The van der Waals surface area contributed by atoms with E-state index < -0.39 is 88.1 Å². The van der Waals surface area contributed by atoms with Crippen LogP contribution in [0.15, 0.2) is 62.3 Å². The summed E-state index contributed by atoms with van der Waals surface area (Å²) in [6, 6.07) is 3.54. The SMILES string of the molecule is COC1/C=C\O[C@@]2(C)Oc3c(C)c(O)c4c(=O)c(c5oc6cc(N7CCC(N(C)C)CC7)cc(=O)c6nc5c4c3=C2O)NC(=O)/C(C)=C/C=C/[C@H](C)[C@H](O)[C@@H](C)[C@@H](O)[C@@H](C)[C@H](OC(C)=O)[C@@H]1C. The van der Waals surface area contributed by atoms with E-state index in [2.05, 4.69) is 15.1 Å². The van der Waals surface area contributed by atoms with Crippen molar-refractivity contribution in [2.24, 2.45) is 23.7 Å². The van der Waals surface area contributed by atoms with Gasteiger partial charge in [-0.05, 0) is 46.9 Å². The molecule has 360 valence electrons. The van der Waals surface area contributed by atoms with E-state index in [1.807, 2.05) is 14.1 Å². The second kappa shape index (κ2) is 18.9. The quantitative estimate of drug-likeness (QED) is 0.102. The van der Waals surface area contributed by atoms with Crippen LogP contribution in [0.2, 0.25) is 0 Å². The zero-order valence-electron chi connectivity index (χ0n) is 39.9. The van der Waals surface area contributed by atoms with E-state index >= 15 is 0 Å². The molecule has 0 aliphatic carbocycles. The van der Waals surface area contributed by atoms with Gasteiger partial charge in [0.05, 0.1) is 35.2 Å². The number of aromatic hydroxyl groups is 1. The summed E-state index contributed by atoms with van der Waals surface area (Å²) in [5.74, 6) is -6.93. The molecule has 67 heavy (non-hydrogen) atoms. The Hall–Kier alpha value is -6.01. The maximum Gasteiger partial charge on any atom is 0.307 e. The van der Waals surface area contributed by atoms with Crippen LogP contribution in [0.25, 0.3) is 38.7 Å². The number of carbonyl (C=O) groups excluding carboxylic acids is 2. The molecule has 9 atom stereocenters. The highest BCUT2D eigenvalue weighted by molar-refractivity contribution is 6.16. The summed E-state index contributed by atoms with van der Waals surface area (Å²) < 4.78 is 30.5. The van der Waals surface area contributed by atoms with E-state index in [1.54, 1.807) is 45.9 Å². The van der Waals surface area contributed by atoms with Gasteiger partial charge in [0.15, 0.2) is 22.4 Å². The van der Waals surface area contributed by atoms with Gasteiger partial charge in [-0.15, -0.1) is 0 Å². The van der Waals surface area contributed by atoms with E-state index in [-0.39, 0.29) is 60.8 Å². The van der Waals surface area contributed by atoms with Crippen LogP contribution < -0.4 is 31.0 Å². The Morgan fingerprint density at radius 3 is 2.28 bits per heavy atom. The number of amides is 1. The van der Waals surface area contributed by atoms with Crippen molar-refractivity contribution in [3.63, 3.8) is 0 Å². The molecule has 5 N–H and O–H groups in total. The maximum atomic E-state index is 14.9. The maximum absolute atomic E-state index is 14.9. The first-order valence-electron chi connectivity index (χ1n) is 22.6. The van der Waals surface area contributed by atoms with Gasteiger partial charge in [0, 0.05) is 98.1 Å². The van der Waals surface area contributed by atoms with Crippen molar-refractivity contribution in [1.82, 2.24) is 9.88 Å². The first kappa shape index (κ1) is 48.9. The molecule has 1 saturated heterocycles. The Morgan fingerprint density at radius 1 is 0.955 bits per heavy atom. The summed E-state index contributed by atoms with van der Waals surface area (Å²) in [6.07, 6.45) is 5.30. The Labute approximate surface area is 387 Å². The Bertz CT molecular complexity index is 2880. The number of anilines is 2. The Morgan fingerprint density at radius 2 is 1.64 bits per heavy atom. The fraction of sp³-hybridized carbons (Fsp3) is 0.500. The van der Waals surface area contributed by atoms with Gasteiger partial charge in [0.2, 0.25) is 10.9 Å². The van der Waals surface area contributed by atoms with E-state index in [1.165, 1.54) is 59.3 Å². The minimum atomic E-state index is -1.98. The van der Waals surface area contributed by atoms with Crippen LogP contribution >= 0.6 is 0 Å². The van der Waals surface area contributed by atoms with Gasteiger partial charge in [0.25, 0.3) is 5.91 Å². The van der Waals surface area contributed by atoms with Crippen molar-refractivity contribution in [2.45, 2.75) is 104 Å². The highest BCUT2D eigenvalue weighted by atomic mass is 16.7. The third-order valence-corrected chi connectivity index (χ3v) is 14.0. The van der Waals surface area contributed by atoms with Crippen molar-refractivity contribution in [2.75, 3.05) is 44.5 Å². The van der Waals surface area contributed by atoms with E-state index in [9.17, 15) is 39.6 Å². The van der Waals surface area contributed by atoms with Crippen molar-refractivity contribution >= 4 is 62.0 Å². The molecular formula is C50H62N4O13. The molecule has 3 aliphatic heterocycles. The monoisotopic (exact) mass is 926 g/mol. The van der Waals surface area contributed by atoms with Crippen molar-refractivity contribution < 1.29 is 53.4 Å². The molecule has 1 amide bonds. The number of phenolic OH excluding ortho intramolecular Hbond substituents is 1. The molecule has 1 unspecified atom stereocenters. The van der Waals surface area contributed by atoms with Gasteiger partial charge in [-0.25, -0.2) is 4.98 Å². The number of aromatic nitrogens is 1. The number of aliphatic hydroxyl groups excluding tert-OH is 3. The highest BCUT2D eigenvalue weighted by Crippen LogP contribution is 2.42. The van der Waals surface area contributed by atoms with Gasteiger partial charge in [-0.3, -0.25) is 19.2 Å². The summed E-state index contributed by atoms with van der Waals surface area (Å²) >= 11 is 0. The lowest BCUT2D eigenvalue weighted by Crippen LogP contribution is -2.46. The first-order chi connectivity index (χ1) is 31.6. The van der Waals surface area contributed by atoms with E-state index in [0.717, 1.165) is 12.8 Å². The van der Waals surface area contributed by atoms with Crippen LogP contribution in [-0.4, -0.2) is 113 Å². The van der Waals surface area contributed by atoms with Crippen molar-refractivity contribution in [3.8, 4) is 11.5 Å². The van der Waals surface area contributed by atoms with Crippen LogP contribution in [-0.2, 0) is 23.8 Å².